The quantitative estimate of drug-likeness (QED) is 0.822. The zero-order chi connectivity index (χ0) is 14.2. The van der Waals surface area contributed by atoms with Crippen LogP contribution in [-0.4, -0.2) is 17.0 Å². The summed E-state index contributed by atoms with van der Waals surface area (Å²) in [6.45, 7) is 6.39. The first-order valence-electron chi connectivity index (χ1n) is 5.84. The lowest BCUT2D eigenvalue weighted by Crippen LogP contribution is -2.16. The van der Waals surface area contributed by atoms with Crippen molar-refractivity contribution in [1.29, 1.82) is 0 Å². The van der Waals surface area contributed by atoms with Crippen LogP contribution in [-0.2, 0) is 5.41 Å². The van der Waals surface area contributed by atoms with Crippen LogP contribution in [0.4, 0.5) is 5.82 Å². The van der Waals surface area contributed by atoms with Crippen molar-refractivity contribution in [3.63, 3.8) is 0 Å². The highest BCUT2D eigenvalue weighted by Crippen LogP contribution is 2.36. The molecule has 0 aliphatic rings. The third-order valence-corrected chi connectivity index (χ3v) is 4.57. The Morgan fingerprint density at radius 3 is 2.42 bits per heavy atom. The van der Waals surface area contributed by atoms with E-state index in [1.807, 2.05) is 19.2 Å². The molecular weight excluding hydrogens is 346 g/mol. The van der Waals surface area contributed by atoms with Gasteiger partial charge >= 0.3 is 0 Å². The average Bonchev–Trinajstić information content (AvgIpc) is 2.74. The van der Waals surface area contributed by atoms with Crippen molar-refractivity contribution in [3.05, 3.63) is 26.6 Å². The summed E-state index contributed by atoms with van der Waals surface area (Å²) in [6, 6.07) is 3.81. The third-order valence-electron chi connectivity index (χ3n) is 2.59. The van der Waals surface area contributed by atoms with E-state index in [1.54, 1.807) is 0 Å². The second-order valence-corrected chi connectivity index (χ2v) is 7.67. The summed E-state index contributed by atoms with van der Waals surface area (Å²) < 4.78 is 1.65. The number of halogens is 2. The lowest BCUT2D eigenvalue weighted by atomic mass is 9.92. The zero-order valence-corrected chi connectivity index (χ0v) is 14.4. The SMILES string of the molecule is CNc1nc(-c2ccc(Cl)s2)nc(C(C)(C)C)c1Br. The highest BCUT2D eigenvalue weighted by molar-refractivity contribution is 9.10. The number of rotatable bonds is 2. The molecule has 0 unspecified atom stereocenters. The molecule has 3 nitrogen and oxygen atoms in total. The van der Waals surface area contributed by atoms with Gasteiger partial charge in [0.15, 0.2) is 5.82 Å². The van der Waals surface area contributed by atoms with Gasteiger partial charge in [-0.2, -0.15) is 0 Å². The first-order valence-corrected chi connectivity index (χ1v) is 7.83. The Morgan fingerprint density at radius 2 is 1.95 bits per heavy atom. The maximum absolute atomic E-state index is 5.98. The molecule has 102 valence electrons. The molecule has 0 aliphatic carbocycles. The summed E-state index contributed by atoms with van der Waals surface area (Å²) in [6.07, 6.45) is 0. The molecule has 0 saturated carbocycles. The van der Waals surface area contributed by atoms with Crippen LogP contribution in [0.3, 0.4) is 0 Å². The Morgan fingerprint density at radius 1 is 1.26 bits per heavy atom. The van der Waals surface area contributed by atoms with Crippen molar-refractivity contribution in [2.24, 2.45) is 0 Å². The molecule has 0 aromatic carbocycles. The van der Waals surface area contributed by atoms with Crippen LogP contribution in [0.25, 0.3) is 10.7 Å². The first kappa shape index (κ1) is 14.8. The van der Waals surface area contributed by atoms with Gasteiger partial charge in [-0.3, -0.25) is 0 Å². The molecule has 0 fully saturated rings. The molecule has 0 saturated heterocycles. The van der Waals surface area contributed by atoms with E-state index >= 15 is 0 Å². The topological polar surface area (TPSA) is 37.8 Å². The highest BCUT2D eigenvalue weighted by atomic mass is 79.9. The molecule has 2 heterocycles. The zero-order valence-electron chi connectivity index (χ0n) is 11.2. The number of anilines is 1. The molecule has 2 rings (SSSR count). The van der Waals surface area contributed by atoms with Gasteiger partial charge in [-0.15, -0.1) is 11.3 Å². The molecule has 19 heavy (non-hydrogen) atoms. The minimum Gasteiger partial charge on any atom is -0.372 e. The lowest BCUT2D eigenvalue weighted by molar-refractivity contribution is 0.564. The van der Waals surface area contributed by atoms with Gasteiger partial charge in [0.25, 0.3) is 0 Å². The molecule has 2 aromatic rings. The number of hydrogen-bond acceptors (Lipinski definition) is 4. The first-order chi connectivity index (χ1) is 8.82. The second-order valence-electron chi connectivity index (χ2n) is 5.16. The van der Waals surface area contributed by atoms with E-state index in [0.29, 0.717) is 5.82 Å². The van der Waals surface area contributed by atoms with Gasteiger partial charge in [0.05, 0.1) is 19.4 Å². The lowest BCUT2D eigenvalue weighted by Gasteiger charge is -2.21. The number of nitrogens with one attached hydrogen (secondary N) is 1. The van der Waals surface area contributed by atoms with Gasteiger partial charge in [-0.25, -0.2) is 9.97 Å². The van der Waals surface area contributed by atoms with E-state index in [1.165, 1.54) is 11.3 Å². The molecular formula is C13H15BrClN3S. The molecule has 0 aliphatic heterocycles. The number of thiophene rings is 1. The Bertz CT molecular complexity index is 604. The normalized spacial score (nSPS) is 11.7. The largest absolute Gasteiger partial charge is 0.372 e. The Hall–Kier alpha value is -0.650. The van der Waals surface area contributed by atoms with E-state index in [-0.39, 0.29) is 5.41 Å². The molecule has 0 amide bonds. The van der Waals surface area contributed by atoms with Gasteiger partial charge in [-0.1, -0.05) is 32.4 Å². The van der Waals surface area contributed by atoms with Crippen LogP contribution >= 0.6 is 38.9 Å². The van der Waals surface area contributed by atoms with Crippen molar-refractivity contribution in [1.82, 2.24) is 9.97 Å². The van der Waals surface area contributed by atoms with Gasteiger partial charge in [0, 0.05) is 12.5 Å². The fourth-order valence-corrected chi connectivity index (χ4v) is 3.60. The maximum Gasteiger partial charge on any atom is 0.172 e. The highest BCUT2D eigenvalue weighted by Gasteiger charge is 2.23. The van der Waals surface area contributed by atoms with Crippen LogP contribution in [0.1, 0.15) is 26.5 Å². The predicted octanol–water partition coefficient (Wildman–Crippen LogP) is 4.96. The monoisotopic (exact) mass is 359 g/mol. The Kier molecular flexibility index (Phi) is 4.18. The van der Waals surface area contributed by atoms with Crippen molar-refractivity contribution in [3.8, 4) is 10.7 Å². The van der Waals surface area contributed by atoms with Crippen molar-refractivity contribution >= 4 is 44.7 Å². The molecule has 1 N–H and O–H groups in total. The Balaban J connectivity index is 2.64. The Labute approximate surface area is 130 Å². The van der Waals surface area contributed by atoms with Gasteiger partial charge in [0.1, 0.15) is 5.82 Å². The van der Waals surface area contributed by atoms with Crippen LogP contribution in [0.15, 0.2) is 16.6 Å². The summed E-state index contributed by atoms with van der Waals surface area (Å²) in [4.78, 5) is 10.2. The number of aromatic nitrogens is 2. The second kappa shape index (κ2) is 5.38. The van der Waals surface area contributed by atoms with E-state index in [9.17, 15) is 0 Å². The van der Waals surface area contributed by atoms with E-state index < -0.39 is 0 Å². The summed E-state index contributed by atoms with van der Waals surface area (Å²) in [5.74, 6) is 1.49. The van der Waals surface area contributed by atoms with Crippen molar-refractivity contribution in [2.75, 3.05) is 12.4 Å². The number of nitrogens with zero attached hydrogens (tertiary/aromatic N) is 2. The van der Waals surface area contributed by atoms with Crippen molar-refractivity contribution in [2.45, 2.75) is 26.2 Å². The summed E-state index contributed by atoms with van der Waals surface area (Å²) in [7, 11) is 1.85. The molecule has 6 heteroatoms. The van der Waals surface area contributed by atoms with E-state index in [4.69, 9.17) is 11.6 Å². The minimum absolute atomic E-state index is 0.0663. The fraction of sp³-hybridized carbons (Fsp3) is 0.385. The minimum atomic E-state index is -0.0663. The van der Waals surface area contributed by atoms with Crippen LogP contribution in [0.5, 0.6) is 0 Å². The molecule has 0 atom stereocenters. The summed E-state index contributed by atoms with van der Waals surface area (Å²) in [5, 5.41) is 3.10. The van der Waals surface area contributed by atoms with Crippen LogP contribution in [0.2, 0.25) is 4.34 Å². The maximum atomic E-state index is 5.98. The summed E-state index contributed by atoms with van der Waals surface area (Å²) in [5.41, 5.74) is 0.912. The summed E-state index contributed by atoms with van der Waals surface area (Å²) >= 11 is 11.0. The average molecular weight is 361 g/mol. The van der Waals surface area contributed by atoms with Crippen LogP contribution < -0.4 is 5.32 Å². The van der Waals surface area contributed by atoms with Crippen molar-refractivity contribution < 1.29 is 0 Å². The molecule has 0 radical (unpaired) electrons. The standard InChI is InChI=1S/C13H15BrClN3S/c1-13(2,3)10-9(14)12(16-4)18-11(17-10)7-5-6-8(15)19-7/h5-6H,1-4H3,(H,16,17,18). The third kappa shape index (κ3) is 3.09. The smallest absolute Gasteiger partial charge is 0.172 e. The van der Waals surface area contributed by atoms with E-state index in [2.05, 4.69) is 52.0 Å². The fourth-order valence-electron chi connectivity index (χ4n) is 1.65. The van der Waals surface area contributed by atoms with Gasteiger partial charge < -0.3 is 5.32 Å². The van der Waals surface area contributed by atoms with Gasteiger partial charge in [0.2, 0.25) is 0 Å². The van der Waals surface area contributed by atoms with E-state index in [0.717, 1.165) is 25.2 Å². The predicted molar refractivity (Wildman–Crippen MR) is 86.3 cm³/mol. The van der Waals surface area contributed by atoms with Crippen LogP contribution in [0, 0.1) is 0 Å². The molecule has 0 bridgehead atoms. The molecule has 0 spiro atoms. The van der Waals surface area contributed by atoms with Gasteiger partial charge in [-0.05, 0) is 28.1 Å². The number of hydrogen-bond donors (Lipinski definition) is 1. The molecule has 2 aromatic heterocycles.